The van der Waals surface area contributed by atoms with Gasteiger partial charge in [0.05, 0.1) is 82.5 Å². The minimum atomic E-state index is -0.425. The number of methoxy groups -OCH3 is 4. The molecule has 4 aliphatic heterocycles. The molecule has 6 aromatic rings. The number of hydrogen-bond acceptors (Lipinski definition) is 22. The second kappa shape index (κ2) is 38.6. The number of aryl methyl sites for hydroxylation is 1. The number of β-amino-alcohol motifs (C(OH)–C–C–N with tert-alkyl or cyclic N) is 1. The number of likely N-dealkylation sites (N-methyl/N-ethyl adjacent to an activating group) is 4. The number of likely N-dealkylation sites (tertiary alicyclic amines) is 4. The minimum absolute atomic E-state index is 0.0509. The minimum Gasteiger partial charge on any atom is -0.496 e. The van der Waals surface area contributed by atoms with E-state index in [0.717, 1.165) is 136 Å². The zero-order valence-electron chi connectivity index (χ0n) is 52.6. The van der Waals surface area contributed by atoms with Gasteiger partial charge >= 0.3 is 0 Å². The van der Waals surface area contributed by atoms with Crippen LogP contribution in [0.3, 0.4) is 0 Å². The number of rotatable bonds is 19. The number of nitrogens with zero attached hydrogens (tertiary/aromatic N) is 10. The van der Waals surface area contributed by atoms with E-state index >= 15 is 0 Å². The van der Waals surface area contributed by atoms with Gasteiger partial charge in [-0.1, -0.05) is 28.9 Å². The van der Waals surface area contributed by atoms with E-state index in [4.69, 9.17) is 61.3 Å². The van der Waals surface area contributed by atoms with Crippen LogP contribution in [-0.2, 0) is 52.2 Å². The molecule has 6 heterocycles. The van der Waals surface area contributed by atoms with Gasteiger partial charge in [-0.25, -0.2) is 19.9 Å². The highest BCUT2D eigenvalue weighted by Gasteiger charge is 2.24. The second-order valence-electron chi connectivity index (χ2n) is 21.8. The van der Waals surface area contributed by atoms with Crippen molar-refractivity contribution in [3.63, 3.8) is 0 Å². The number of nitro groups is 2. The number of nitrogen functional groups attached to an aromatic ring is 2. The van der Waals surface area contributed by atoms with Gasteiger partial charge in [0.1, 0.15) is 34.6 Å². The summed E-state index contributed by atoms with van der Waals surface area (Å²) in [6.45, 7) is 11.6. The molecular weight excluding hydrogens is 1230 g/mol. The fourth-order valence-electron chi connectivity index (χ4n) is 9.82. The Bertz CT molecular complexity index is 3100. The smallest absolute Gasteiger partial charge is 0.270 e. The van der Waals surface area contributed by atoms with Gasteiger partial charge in [0.2, 0.25) is 5.28 Å². The zero-order valence-corrected chi connectivity index (χ0v) is 54.9. The van der Waals surface area contributed by atoms with Crippen molar-refractivity contribution in [1.29, 1.82) is 0 Å². The van der Waals surface area contributed by atoms with E-state index in [1.165, 1.54) is 43.1 Å². The molecule has 0 saturated carbocycles. The lowest BCUT2D eigenvalue weighted by Crippen LogP contribution is -2.19. The van der Waals surface area contributed by atoms with Crippen LogP contribution in [0.5, 0.6) is 23.0 Å². The molecule has 4 saturated heterocycles. The lowest BCUT2D eigenvalue weighted by molar-refractivity contribution is -0.385. The lowest BCUT2D eigenvalue weighted by atomic mass is 10.1. The molecule has 486 valence electrons. The predicted octanol–water partition coefficient (Wildman–Crippen LogP) is 9.07. The largest absolute Gasteiger partial charge is 0.496 e. The Balaban J connectivity index is 0.000000203. The van der Waals surface area contributed by atoms with Crippen LogP contribution in [0.15, 0.2) is 97.3 Å². The molecule has 10 rings (SSSR count). The molecular formula is C63H88BrClN12O12. The molecule has 0 bridgehead atoms. The van der Waals surface area contributed by atoms with Gasteiger partial charge in [0.15, 0.2) is 0 Å². The van der Waals surface area contributed by atoms with Crippen LogP contribution in [-0.4, -0.2) is 188 Å². The highest BCUT2D eigenvalue weighted by Crippen LogP contribution is 2.29. The van der Waals surface area contributed by atoms with Crippen molar-refractivity contribution >= 4 is 50.4 Å². The monoisotopic (exact) mass is 1320 g/mol. The van der Waals surface area contributed by atoms with Crippen molar-refractivity contribution in [2.45, 2.75) is 95.0 Å². The Labute approximate surface area is 536 Å². The van der Waals surface area contributed by atoms with Gasteiger partial charge in [0, 0.05) is 134 Å². The molecule has 24 nitrogen and oxygen atoms in total. The number of non-ortho nitro benzene ring substituents is 2. The molecule has 4 unspecified atom stereocenters. The number of aromatic nitrogens is 4. The first-order chi connectivity index (χ1) is 42.7. The third kappa shape index (κ3) is 25.8. The normalized spacial score (nSPS) is 18.1. The SMILES string of the molecule is CCc1ccnc(Cc2ccc(OC)c(COC3CCN(C)C3)c2)n1.CN1CCC(O)C1.COc1ccc(N)cc1COC1CCN(C)C1.COc1ccc([N+](=O)[O-])cc1CBr.COc1ccc([N+](=O)[O-])cc1COC1CCN(C)C1.Nc1ccnc(Cl)n1. The summed E-state index contributed by atoms with van der Waals surface area (Å²) in [5.74, 6) is 4.24. The summed E-state index contributed by atoms with van der Waals surface area (Å²) in [5, 5.41) is 30.8. The number of benzene rings is 4. The van der Waals surface area contributed by atoms with E-state index in [2.05, 4.69) is 95.7 Å². The van der Waals surface area contributed by atoms with Crippen LogP contribution in [0, 0.1) is 20.2 Å². The molecule has 0 spiro atoms. The van der Waals surface area contributed by atoms with E-state index in [1.807, 2.05) is 43.6 Å². The van der Waals surface area contributed by atoms with E-state index < -0.39 is 9.85 Å². The van der Waals surface area contributed by atoms with Gasteiger partial charge in [-0.15, -0.1) is 0 Å². The highest BCUT2D eigenvalue weighted by molar-refractivity contribution is 9.08. The predicted molar refractivity (Wildman–Crippen MR) is 348 cm³/mol. The zero-order chi connectivity index (χ0) is 64.8. The Morgan fingerprint density at radius 2 is 1.02 bits per heavy atom. The van der Waals surface area contributed by atoms with Gasteiger partial charge in [-0.3, -0.25) is 20.2 Å². The number of aliphatic hydroxyl groups is 1. The van der Waals surface area contributed by atoms with Crippen LogP contribution < -0.4 is 30.4 Å². The number of anilines is 2. The van der Waals surface area contributed by atoms with Crippen LogP contribution >= 0.6 is 27.5 Å². The fraction of sp³-hybridized carbons (Fsp3) is 0.492. The van der Waals surface area contributed by atoms with E-state index in [1.54, 1.807) is 39.5 Å². The molecule has 0 amide bonds. The van der Waals surface area contributed by atoms with Gasteiger partial charge in [-0.05, 0) is 132 Å². The average Bonchev–Trinajstić information content (AvgIpc) is 4.24. The maximum absolute atomic E-state index is 10.8. The van der Waals surface area contributed by atoms with E-state index in [9.17, 15) is 20.2 Å². The third-order valence-corrected chi connectivity index (χ3v) is 15.5. The molecule has 2 aromatic heterocycles. The molecule has 4 fully saturated rings. The number of alkyl halides is 1. The standard InChI is InChI=1S/C20H27N3O2.C13H18N2O4.C13H20N2O2.C8H8BrNO3.C5H11NO.C4H4ClN3/c1-4-17-7-9-21-20(22-17)12-15-5-6-19(24-3)16(11-15)14-25-18-8-10-23(2)13-18;1-14-6-5-12(8-14)19-9-10-7-11(15(16)17)3-4-13(10)18-2;1-15-6-5-12(8-15)17-9-10-7-11(14)3-4-13(10)16-2;1-13-8-3-2-7(10(11)12)4-6(8)5-9;1-6-3-2-5(7)4-6;5-4-7-2-1-3(6)8-4/h5-7,9,11,18H,4,8,10,12-14H2,1-3H3;3-4,7,12H,5-6,8-9H2,1-2H3;3-4,7,12H,5-6,8-9,14H2,1-2H3;2-4H,5H2,1H3;5,7H,2-4H2,1H3;1-2H,(H2,6,7,8). The van der Waals surface area contributed by atoms with Crippen molar-refractivity contribution < 1.29 is 48.1 Å². The van der Waals surface area contributed by atoms with Crippen molar-refractivity contribution in [3.8, 4) is 23.0 Å². The number of aliphatic hydroxyl groups excluding tert-OH is 1. The van der Waals surface area contributed by atoms with Crippen LogP contribution in [0.1, 0.15) is 71.9 Å². The van der Waals surface area contributed by atoms with E-state index in [0.29, 0.717) is 60.2 Å². The Morgan fingerprint density at radius 3 is 1.42 bits per heavy atom. The topological polar surface area (TPSA) is 288 Å². The molecule has 5 N–H and O–H groups in total. The second-order valence-corrected chi connectivity index (χ2v) is 22.7. The van der Waals surface area contributed by atoms with Gasteiger partial charge in [-0.2, -0.15) is 0 Å². The van der Waals surface area contributed by atoms with Gasteiger partial charge in [0.25, 0.3) is 11.4 Å². The Kier molecular flexibility index (Phi) is 31.6. The summed E-state index contributed by atoms with van der Waals surface area (Å²) in [6, 6.07) is 24.5. The summed E-state index contributed by atoms with van der Waals surface area (Å²) >= 11 is 8.57. The molecule has 26 heteroatoms. The first-order valence-electron chi connectivity index (χ1n) is 29.3. The summed E-state index contributed by atoms with van der Waals surface area (Å²) < 4.78 is 38.8. The molecule has 4 aliphatic rings. The molecule has 4 atom stereocenters. The fourth-order valence-corrected chi connectivity index (χ4v) is 10.4. The maximum atomic E-state index is 10.8. The molecule has 4 aromatic carbocycles. The molecule has 89 heavy (non-hydrogen) atoms. The summed E-state index contributed by atoms with van der Waals surface area (Å²) in [5.41, 5.74) is 17.7. The molecule has 0 radical (unpaired) electrons. The summed E-state index contributed by atoms with van der Waals surface area (Å²) in [4.78, 5) is 45.5. The average molecular weight is 1320 g/mol. The van der Waals surface area contributed by atoms with Gasteiger partial charge < -0.3 is 69.3 Å². The van der Waals surface area contributed by atoms with Crippen molar-refractivity contribution in [1.82, 2.24) is 39.5 Å². The van der Waals surface area contributed by atoms with Crippen LogP contribution in [0.2, 0.25) is 5.28 Å². The quantitative estimate of drug-likeness (QED) is 0.0224. The first-order valence-corrected chi connectivity index (χ1v) is 30.8. The number of ether oxygens (including phenoxy) is 7. The lowest BCUT2D eigenvalue weighted by Gasteiger charge is -2.15. The van der Waals surface area contributed by atoms with Crippen molar-refractivity contribution in [2.75, 3.05) is 120 Å². The maximum Gasteiger partial charge on any atom is 0.270 e. The summed E-state index contributed by atoms with van der Waals surface area (Å²) in [6.07, 6.45) is 9.90. The Morgan fingerprint density at radius 1 is 0.584 bits per heavy atom. The Hall–Kier alpha value is -6.91. The van der Waals surface area contributed by atoms with Crippen molar-refractivity contribution in [3.05, 3.63) is 162 Å². The molecule has 0 aliphatic carbocycles. The summed E-state index contributed by atoms with van der Waals surface area (Å²) in [7, 11) is 14.8. The highest BCUT2D eigenvalue weighted by atomic mass is 79.9. The number of nitro benzene ring substituents is 2. The third-order valence-electron chi connectivity index (χ3n) is 14.7. The number of hydrogen-bond donors (Lipinski definition) is 3. The van der Waals surface area contributed by atoms with Crippen LogP contribution in [0.4, 0.5) is 22.9 Å². The number of nitrogens with two attached hydrogens (primary N) is 2. The number of halogens is 2. The first kappa shape index (κ1) is 72.8. The van der Waals surface area contributed by atoms with Crippen LogP contribution in [0.25, 0.3) is 0 Å². The van der Waals surface area contributed by atoms with E-state index in [-0.39, 0.29) is 28.9 Å². The van der Waals surface area contributed by atoms with Crippen molar-refractivity contribution in [2.24, 2.45) is 0 Å².